The zero-order valence-corrected chi connectivity index (χ0v) is 15.5. The third-order valence-electron chi connectivity index (χ3n) is 3.84. The Bertz CT molecular complexity index is 767. The number of rotatable bonds is 8. The molecule has 132 valence electrons. The molecule has 0 bridgehead atoms. The SMILES string of the molecule is CCOc1ccc(S(=O)(=O)N(CC)Cc2cn(CC)nc2C)cc1. The average Bonchev–Trinajstić information content (AvgIpc) is 2.93. The Morgan fingerprint density at radius 2 is 1.83 bits per heavy atom. The lowest BCUT2D eigenvalue weighted by molar-refractivity contribution is 0.340. The number of aryl methyl sites for hydroxylation is 2. The van der Waals surface area contributed by atoms with Gasteiger partial charge in [-0.3, -0.25) is 4.68 Å². The van der Waals surface area contributed by atoms with Gasteiger partial charge < -0.3 is 4.74 Å². The van der Waals surface area contributed by atoms with Gasteiger partial charge in [0.2, 0.25) is 10.0 Å². The topological polar surface area (TPSA) is 64.4 Å². The van der Waals surface area contributed by atoms with Crippen LogP contribution in [0.3, 0.4) is 0 Å². The number of nitrogens with zero attached hydrogens (tertiary/aromatic N) is 3. The Kier molecular flexibility index (Phi) is 6.01. The molecule has 0 aliphatic heterocycles. The lowest BCUT2D eigenvalue weighted by Crippen LogP contribution is -2.30. The van der Waals surface area contributed by atoms with Crippen molar-refractivity contribution in [1.82, 2.24) is 14.1 Å². The summed E-state index contributed by atoms with van der Waals surface area (Å²) in [6.45, 7) is 9.66. The van der Waals surface area contributed by atoms with E-state index in [1.807, 2.05) is 38.6 Å². The van der Waals surface area contributed by atoms with Crippen LogP contribution in [0.25, 0.3) is 0 Å². The van der Waals surface area contributed by atoms with Gasteiger partial charge in [-0.2, -0.15) is 9.40 Å². The van der Waals surface area contributed by atoms with Crippen molar-refractivity contribution < 1.29 is 13.2 Å². The minimum absolute atomic E-state index is 0.272. The van der Waals surface area contributed by atoms with Crippen LogP contribution in [0.4, 0.5) is 0 Å². The lowest BCUT2D eigenvalue weighted by atomic mass is 10.2. The lowest BCUT2D eigenvalue weighted by Gasteiger charge is -2.20. The summed E-state index contributed by atoms with van der Waals surface area (Å²) in [6.07, 6.45) is 1.91. The van der Waals surface area contributed by atoms with E-state index in [-0.39, 0.29) is 4.90 Å². The summed E-state index contributed by atoms with van der Waals surface area (Å²) in [5.41, 5.74) is 1.78. The second-order valence-corrected chi connectivity index (χ2v) is 7.37. The van der Waals surface area contributed by atoms with Crippen molar-refractivity contribution in [3.63, 3.8) is 0 Å². The highest BCUT2D eigenvalue weighted by molar-refractivity contribution is 7.89. The number of aromatic nitrogens is 2. The zero-order chi connectivity index (χ0) is 17.7. The van der Waals surface area contributed by atoms with Gasteiger partial charge in [0.1, 0.15) is 5.75 Å². The van der Waals surface area contributed by atoms with E-state index in [0.717, 1.165) is 17.8 Å². The molecule has 0 N–H and O–H groups in total. The molecule has 0 unspecified atom stereocenters. The Morgan fingerprint density at radius 3 is 2.33 bits per heavy atom. The first kappa shape index (κ1) is 18.5. The molecule has 6 nitrogen and oxygen atoms in total. The van der Waals surface area contributed by atoms with Crippen LogP contribution in [0.2, 0.25) is 0 Å². The van der Waals surface area contributed by atoms with Crippen molar-refractivity contribution in [1.29, 1.82) is 0 Å². The first-order valence-electron chi connectivity index (χ1n) is 8.18. The molecule has 1 aromatic heterocycles. The standard InChI is InChI=1S/C17H25N3O3S/c1-5-19-12-15(14(4)18-19)13-20(6-2)24(21,22)17-10-8-16(9-11-17)23-7-3/h8-12H,5-7,13H2,1-4H3. The van der Waals surface area contributed by atoms with E-state index >= 15 is 0 Å². The summed E-state index contributed by atoms with van der Waals surface area (Å²) < 4.78 is 34.4. The van der Waals surface area contributed by atoms with Crippen molar-refractivity contribution in [2.75, 3.05) is 13.2 Å². The van der Waals surface area contributed by atoms with Gasteiger partial charge in [-0.1, -0.05) is 6.92 Å². The van der Waals surface area contributed by atoms with Crippen LogP contribution in [0, 0.1) is 6.92 Å². The fraction of sp³-hybridized carbons (Fsp3) is 0.471. The summed E-state index contributed by atoms with van der Waals surface area (Å²) in [6, 6.07) is 6.55. The maximum Gasteiger partial charge on any atom is 0.243 e. The molecule has 2 rings (SSSR count). The Labute approximate surface area is 144 Å². The van der Waals surface area contributed by atoms with Crippen molar-refractivity contribution in [3.05, 3.63) is 41.7 Å². The van der Waals surface area contributed by atoms with Crippen molar-refractivity contribution >= 4 is 10.0 Å². The van der Waals surface area contributed by atoms with Crippen LogP contribution < -0.4 is 4.74 Å². The predicted octanol–water partition coefficient (Wildman–Crippen LogP) is 2.82. The van der Waals surface area contributed by atoms with Crippen molar-refractivity contribution in [3.8, 4) is 5.75 Å². The van der Waals surface area contributed by atoms with Crippen LogP contribution in [0.1, 0.15) is 32.0 Å². The highest BCUT2D eigenvalue weighted by Gasteiger charge is 2.24. The smallest absolute Gasteiger partial charge is 0.243 e. The molecule has 0 amide bonds. The van der Waals surface area contributed by atoms with Crippen LogP contribution in [0.15, 0.2) is 35.4 Å². The molecule has 2 aromatic rings. The molecule has 24 heavy (non-hydrogen) atoms. The molecular weight excluding hydrogens is 326 g/mol. The number of hydrogen-bond donors (Lipinski definition) is 0. The predicted molar refractivity (Wildman–Crippen MR) is 93.5 cm³/mol. The molecule has 0 saturated carbocycles. The van der Waals surface area contributed by atoms with Gasteiger partial charge in [0.15, 0.2) is 0 Å². The number of ether oxygens (including phenoxy) is 1. The zero-order valence-electron chi connectivity index (χ0n) is 14.7. The van der Waals surface area contributed by atoms with Gasteiger partial charge in [0.05, 0.1) is 17.2 Å². The average molecular weight is 351 g/mol. The second kappa shape index (κ2) is 7.81. The first-order valence-corrected chi connectivity index (χ1v) is 9.62. The monoisotopic (exact) mass is 351 g/mol. The number of sulfonamides is 1. The summed E-state index contributed by atoms with van der Waals surface area (Å²) in [4.78, 5) is 0.272. The largest absolute Gasteiger partial charge is 0.494 e. The maximum absolute atomic E-state index is 12.9. The van der Waals surface area contributed by atoms with Gasteiger partial charge in [-0.05, 0) is 45.0 Å². The molecule has 1 aromatic carbocycles. The fourth-order valence-corrected chi connectivity index (χ4v) is 3.88. The van der Waals surface area contributed by atoms with Gasteiger partial charge in [-0.25, -0.2) is 8.42 Å². The summed E-state index contributed by atoms with van der Waals surface area (Å²) in [5, 5.41) is 4.38. The number of hydrogen-bond acceptors (Lipinski definition) is 4. The number of benzene rings is 1. The Morgan fingerprint density at radius 1 is 1.17 bits per heavy atom. The molecule has 0 radical (unpaired) electrons. The molecule has 1 heterocycles. The molecule has 0 atom stereocenters. The van der Waals surface area contributed by atoms with E-state index in [9.17, 15) is 8.42 Å². The Balaban J connectivity index is 2.25. The van der Waals surface area contributed by atoms with E-state index < -0.39 is 10.0 Å². The summed E-state index contributed by atoms with van der Waals surface area (Å²) >= 11 is 0. The first-order chi connectivity index (χ1) is 11.4. The van der Waals surface area contributed by atoms with Gasteiger partial charge in [0.25, 0.3) is 0 Å². The maximum atomic E-state index is 12.9. The molecule has 7 heteroatoms. The fourth-order valence-electron chi connectivity index (χ4n) is 2.46. The summed E-state index contributed by atoms with van der Waals surface area (Å²) in [5.74, 6) is 0.666. The highest BCUT2D eigenvalue weighted by atomic mass is 32.2. The normalized spacial score (nSPS) is 11.9. The molecule has 0 aliphatic carbocycles. The van der Waals surface area contributed by atoms with E-state index in [2.05, 4.69) is 5.10 Å². The van der Waals surface area contributed by atoms with E-state index in [4.69, 9.17) is 4.74 Å². The Hall–Kier alpha value is -1.86. The molecular formula is C17H25N3O3S. The third-order valence-corrected chi connectivity index (χ3v) is 5.78. The molecule has 0 fully saturated rings. The minimum Gasteiger partial charge on any atom is -0.494 e. The quantitative estimate of drug-likeness (QED) is 0.733. The van der Waals surface area contributed by atoms with E-state index in [1.165, 1.54) is 4.31 Å². The van der Waals surface area contributed by atoms with Gasteiger partial charge in [-0.15, -0.1) is 0 Å². The van der Waals surface area contributed by atoms with Gasteiger partial charge >= 0.3 is 0 Å². The second-order valence-electron chi connectivity index (χ2n) is 5.43. The third kappa shape index (κ3) is 3.96. The van der Waals surface area contributed by atoms with Crippen LogP contribution in [0.5, 0.6) is 5.75 Å². The van der Waals surface area contributed by atoms with Crippen LogP contribution in [-0.2, 0) is 23.1 Å². The van der Waals surface area contributed by atoms with Crippen LogP contribution in [-0.4, -0.2) is 35.7 Å². The highest BCUT2D eigenvalue weighted by Crippen LogP contribution is 2.22. The molecule has 0 aliphatic rings. The molecule has 0 spiro atoms. The summed E-state index contributed by atoms with van der Waals surface area (Å²) in [7, 11) is -3.55. The molecule has 0 saturated heterocycles. The van der Waals surface area contributed by atoms with Crippen LogP contribution >= 0.6 is 0 Å². The minimum atomic E-state index is -3.55. The van der Waals surface area contributed by atoms with E-state index in [0.29, 0.717) is 25.4 Å². The van der Waals surface area contributed by atoms with Gasteiger partial charge in [0, 0.05) is 31.4 Å². The van der Waals surface area contributed by atoms with E-state index in [1.54, 1.807) is 24.3 Å². The van der Waals surface area contributed by atoms with Crippen molar-refractivity contribution in [2.45, 2.75) is 45.7 Å². The van der Waals surface area contributed by atoms with Crippen molar-refractivity contribution in [2.24, 2.45) is 0 Å².